The van der Waals surface area contributed by atoms with Gasteiger partial charge in [-0.15, -0.1) is 0 Å². The standard InChI is InChI=1S/C17H27N/c1-4-5-16-12-18-11-10-17(16)15-8-6-14(7-9-15)13(2)3/h6-9,13,16-18H,4-5,10-12H2,1-3H3. The van der Waals surface area contributed by atoms with Gasteiger partial charge in [0.05, 0.1) is 0 Å². The van der Waals surface area contributed by atoms with Crippen molar-refractivity contribution in [2.24, 2.45) is 5.92 Å². The van der Waals surface area contributed by atoms with Gasteiger partial charge >= 0.3 is 0 Å². The third-order valence-electron chi connectivity index (χ3n) is 4.30. The molecule has 1 fully saturated rings. The Morgan fingerprint density at radius 1 is 1.22 bits per heavy atom. The van der Waals surface area contributed by atoms with Crippen LogP contribution in [0.25, 0.3) is 0 Å². The number of rotatable bonds is 4. The predicted octanol–water partition coefficient (Wildman–Crippen LogP) is 4.30. The van der Waals surface area contributed by atoms with Crippen LogP contribution in [0.2, 0.25) is 0 Å². The van der Waals surface area contributed by atoms with Crippen LogP contribution in [0.4, 0.5) is 0 Å². The number of hydrogen-bond donors (Lipinski definition) is 1. The van der Waals surface area contributed by atoms with Crippen LogP contribution in [0.5, 0.6) is 0 Å². The fourth-order valence-corrected chi connectivity index (χ4v) is 3.16. The minimum atomic E-state index is 0.638. The van der Waals surface area contributed by atoms with E-state index < -0.39 is 0 Å². The summed E-state index contributed by atoms with van der Waals surface area (Å²) in [6.45, 7) is 9.20. The molecule has 0 spiro atoms. The molecular weight excluding hydrogens is 218 g/mol. The van der Waals surface area contributed by atoms with E-state index in [1.807, 2.05) is 0 Å². The second kappa shape index (κ2) is 6.38. The highest BCUT2D eigenvalue weighted by molar-refractivity contribution is 5.28. The van der Waals surface area contributed by atoms with Gasteiger partial charge in [-0.1, -0.05) is 51.5 Å². The summed E-state index contributed by atoms with van der Waals surface area (Å²) in [5.41, 5.74) is 3.01. The Labute approximate surface area is 112 Å². The molecule has 100 valence electrons. The lowest BCUT2D eigenvalue weighted by atomic mass is 9.78. The van der Waals surface area contributed by atoms with Gasteiger partial charge in [0.25, 0.3) is 0 Å². The van der Waals surface area contributed by atoms with Crippen LogP contribution in [0, 0.1) is 5.92 Å². The lowest BCUT2D eigenvalue weighted by molar-refractivity contribution is 0.306. The molecule has 0 aromatic heterocycles. The first-order valence-electron chi connectivity index (χ1n) is 7.53. The lowest BCUT2D eigenvalue weighted by Crippen LogP contribution is -2.35. The van der Waals surface area contributed by atoms with Gasteiger partial charge in [0.1, 0.15) is 0 Å². The molecule has 0 aliphatic carbocycles. The molecule has 0 amide bonds. The first-order chi connectivity index (χ1) is 8.72. The van der Waals surface area contributed by atoms with E-state index in [0.717, 1.165) is 11.8 Å². The number of nitrogens with one attached hydrogen (secondary N) is 1. The third kappa shape index (κ3) is 3.14. The molecule has 2 atom stereocenters. The summed E-state index contributed by atoms with van der Waals surface area (Å²) in [5, 5.41) is 3.55. The van der Waals surface area contributed by atoms with Gasteiger partial charge in [0.15, 0.2) is 0 Å². The highest BCUT2D eigenvalue weighted by Gasteiger charge is 2.25. The Kier molecular flexibility index (Phi) is 4.82. The second-order valence-corrected chi connectivity index (χ2v) is 5.97. The smallest absolute Gasteiger partial charge is 0.00147 e. The van der Waals surface area contributed by atoms with Gasteiger partial charge in [-0.3, -0.25) is 0 Å². The van der Waals surface area contributed by atoms with Gasteiger partial charge < -0.3 is 5.32 Å². The van der Waals surface area contributed by atoms with Crippen LogP contribution >= 0.6 is 0 Å². The van der Waals surface area contributed by atoms with Gasteiger partial charge in [-0.05, 0) is 54.8 Å². The minimum Gasteiger partial charge on any atom is -0.316 e. The van der Waals surface area contributed by atoms with E-state index in [1.165, 1.54) is 37.9 Å². The molecule has 0 radical (unpaired) electrons. The summed E-state index contributed by atoms with van der Waals surface area (Å²) in [4.78, 5) is 0. The first-order valence-corrected chi connectivity index (χ1v) is 7.53. The average molecular weight is 245 g/mol. The Balaban J connectivity index is 2.12. The molecule has 0 bridgehead atoms. The topological polar surface area (TPSA) is 12.0 Å². The van der Waals surface area contributed by atoms with Crippen molar-refractivity contribution < 1.29 is 0 Å². The van der Waals surface area contributed by atoms with Gasteiger partial charge in [0.2, 0.25) is 0 Å². The van der Waals surface area contributed by atoms with Crippen LogP contribution in [-0.4, -0.2) is 13.1 Å². The van der Waals surface area contributed by atoms with Gasteiger partial charge in [-0.25, -0.2) is 0 Å². The molecule has 18 heavy (non-hydrogen) atoms. The number of hydrogen-bond acceptors (Lipinski definition) is 1. The molecule has 1 aliphatic rings. The fourth-order valence-electron chi connectivity index (χ4n) is 3.16. The molecular formula is C17H27N. The molecule has 1 nitrogen and oxygen atoms in total. The van der Waals surface area contributed by atoms with Crippen molar-refractivity contribution in [3.05, 3.63) is 35.4 Å². The van der Waals surface area contributed by atoms with Crippen molar-refractivity contribution in [2.75, 3.05) is 13.1 Å². The second-order valence-electron chi connectivity index (χ2n) is 5.97. The summed E-state index contributed by atoms with van der Waals surface area (Å²) in [6, 6.07) is 9.39. The fraction of sp³-hybridized carbons (Fsp3) is 0.647. The monoisotopic (exact) mass is 245 g/mol. The Hall–Kier alpha value is -0.820. The molecule has 1 N–H and O–H groups in total. The number of benzene rings is 1. The Morgan fingerprint density at radius 2 is 1.94 bits per heavy atom. The van der Waals surface area contributed by atoms with E-state index in [-0.39, 0.29) is 0 Å². The van der Waals surface area contributed by atoms with Crippen molar-refractivity contribution in [3.8, 4) is 0 Å². The Morgan fingerprint density at radius 3 is 2.56 bits per heavy atom. The van der Waals surface area contributed by atoms with Crippen molar-refractivity contribution in [1.82, 2.24) is 5.32 Å². The summed E-state index contributed by atoms with van der Waals surface area (Å²) in [7, 11) is 0. The van der Waals surface area contributed by atoms with Gasteiger partial charge in [0, 0.05) is 0 Å². The maximum absolute atomic E-state index is 3.55. The third-order valence-corrected chi connectivity index (χ3v) is 4.30. The zero-order valence-corrected chi connectivity index (χ0v) is 12.1. The van der Waals surface area contributed by atoms with Crippen molar-refractivity contribution >= 4 is 0 Å². The summed E-state index contributed by atoms with van der Waals surface area (Å²) < 4.78 is 0. The quantitative estimate of drug-likeness (QED) is 0.834. The largest absolute Gasteiger partial charge is 0.316 e. The predicted molar refractivity (Wildman–Crippen MR) is 79.2 cm³/mol. The van der Waals surface area contributed by atoms with E-state index >= 15 is 0 Å². The van der Waals surface area contributed by atoms with Crippen molar-refractivity contribution in [3.63, 3.8) is 0 Å². The summed E-state index contributed by atoms with van der Waals surface area (Å²) >= 11 is 0. The maximum atomic E-state index is 3.55. The van der Waals surface area contributed by atoms with Crippen molar-refractivity contribution in [2.45, 2.75) is 51.9 Å². The summed E-state index contributed by atoms with van der Waals surface area (Å²) in [5.74, 6) is 2.24. The Bertz CT molecular complexity index is 350. The molecule has 1 heteroatoms. The summed E-state index contributed by atoms with van der Waals surface area (Å²) in [6.07, 6.45) is 3.95. The molecule has 1 saturated heterocycles. The van der Waals surface area contributed by atoms with Crippen LogP contribution < -0.4 is 5.32 Å². The molecule has 1 aliphatic heterocycles. The highest BCUT2D eigenvalue weighted by atomic mass is 14.9. The van der Waals surface area contributed by atoms with Gasteiger partial charge in [-0.2, -0.15) is 0 Å². The normalized spacial score (nSPS) is 24.4. The SMILES string of the molecule is CCCC1CNCCC1c1ccc(C(C)C)cc1. The van der Waals surface area contributed by atoms with E-state index in [4.69, 9.17) is 0 Å². The molecule has 2 unspecified atom stereocenters. The van der Waals surface area contributed by atoms with Crippen LogP contribution in [0.1, 0.15) is 63.0 Å². The molecule has 1 aromatic carbocycles. The van der Waals surface area contributed by atoms with Crippen LogP contribution in [0.15, 0.2) is 24.3 Å². The minimum absolute atomic E-state index is 0.638. The van der Waals surface area contributed by atoms with Crippen LogP contribution in [0.3, 0.4) is 0 Å². The first kappa shape index (κ1) is 13.6. The van der Waals surface area contributed by atoms with Crippen molar-refractivity contribution in [1.29, 1.82) is 0 Å². The molecule has 1 aromatic rings. The molecule has 2 rings (SSSR count). The highest BCUT2D eigenvalue weighted by Crippen LogP contribution is 2.33. The van der Waals surface area contributed by atoms with E-state index in [2.05, 4.69) is 50.4 Å². The van der Waals surface area contributed by atoms with E-state index in [0.29, 0.717) is 5.92 Å². The van der Waals surface area contributed by atoms with E-state index in [9.17, 15) is 0 Å². The van der Waals surface area contributed by atoms with Crippen LogP contribution in [-0.2, 0) is 0 Å². The molecule has 1 heterocycles. The lowest BCUT2D eigenvalue weighted by Gasteiger charge is -2.32. The van der Waals surface area contributed by atoms with E-state index in [1.54, 1.807) is 5.56 Å². The maximum Gasteiger partial charge on any atom is -0.00147 e. The number of piperidine rings is 1. The molecule has 0 saturated carbocycles. The zero-order valence-electron chi connectivity index (χ0n) is 12.1. The zero-order chi connectivity index (χ0) is 13.0. The average Bonchev–Trinajstić information content (AvgIpc) is 2.40.